The maximum absolute atomic E-state index is 13.6. The van der Waals surface area contributed by atoms with Crippen LogP contribution in [0.15, 0.2) is 120 Å². The van der Waals surface area contributed by atoms with E-state index in [1.165, 1.54) is 0 Å². The number of hydrazine groups is 1. The molecule has 4 aromatic carbocycles. The molecule has 1 aliphatic rings. The van der Waals surface area contributed by atoms with Gasteiger partial charge in [0.1, 0.15) is 13.2 Å². The van der Waals surface area contributed by atoms with Gasteiger partial charge in [-0.25, -0.2) is 19.4 Å². The Hall–Kier alpha value is -5.44. The summed E-state index contributed by atoms with van der Waals surface area (Å²) >= 11 is 0. The standard InChI is InChI=1S/C33H29N3O6/c1-2-40-31(37)30-34-29(28-20-18-27(19-21-28)26-16-10-5-11-17-26)35(32(38)41-22-24-12-6-3-7-13-24)36(30)33(39)42-23-25-14-8-4-9-15-25/h3-21,29H,2,22-23H2,1H3. The van der Waals surface area contributed by atoms with Gasteiger partial charge in [-0.15, -0.1) is 0 Å². The Kier molecular flexibility index (Phi) is 8.88. The summed E-state index contributed by atoms with van der Waals surface area (Å²) in [6.07, 6.45) is -2.97. The third-order valence-electron chi connectivity index (χ3n) is 6.44. The number of aliphatic imine (C=N–C) groups is 1. The number of carbonyl (C=O) groups excluding carboxylic acids is 3. The minimum absolute atomic E-state index is 0.0413. The van der Waals surface area contributed by atoms with E-state index in [1.54, 1.807) is 31.2 Å². The van der Waals surface area contributed by atoms with Crippen LogP contribution in [0.1, 0.15) is 29.8 Å². The first kappa shape index (κ1) is 28.1. The number of amidine groups is 1. The monoisotopic (exact) mass is 563 g/mol. The van der Waals surface area contributed by atoms with Gasteiger partial charge in [-0.2, -0.15) is 10.0 Å². The molecule has 1 atom stereocenters. The lowest BCUT2D eigenvalue weighted by atomic mass is 10.0. The highest BCUT2D eigenvalue weighted by Gasteiger charge is 2.47. The van der Waals surface area contributed by atoms with Gasteiger partial charge in [-0.3, -0.25) is 0 Å². The molecule has 2 amide bonds. The molecule has 1 heterocycles. The summed E-state index contributed by atoms with van der Waals surface area (Å²) in [7, 11) is 0. The fourth-order valence-corrected chi connectivity index (χ4v) is 4.39. The van der Waals surface area contributed by atoms with E-state index in [0.29, 0.717) is 5.56 Å². The third kappa shape index (κ3) is 6.47. The number of hydrogen-bond donors (Lipinski definition) is 0. The number of rotatable bonds is 8. The summed E-state index contributed by atoms with van der Waals surface area (Å²) < 4.78 is 16.3. The smallest absolute Gasteiger partial charge is 0.435 e. The molecule has 1 aliphatic heterocycles. The average molecular weight is 564 g/mol. The van der Waals surface area contributed by atoms with Gasteiger partial charge in [0, 0.05) is 0 Å². The Morgan fingerprint density at radius 2 is 1.14 bits per heavy atom. The number of hydrogen-bond acceptors (Lipinski definition) is 7. The number of esters is 1. The van der Waals surface area contributed by atoms with Crippen LogP contribution in [0.3, 0.4) is 0 Å². The lowest BCUT2D eigenvalue weighted by Gasteiger charge is -2.30. The van der Waals surface area contributed by atoms with Crippen LogP contribution in [0.25, 0.3) is 11.1 Å². The molecular weight excluding hydrogens is 534 g/mol. The van der Waals surface area contributed by atoms with Crippen LogP contribution in [0.4, 0.5) is 9.59 Å². The zero-order valence-corrected chi connectivity index (χ0v) is 23.0. The Morgan fingerprint density at radius 1 is 0.643 bits per heavy atom. The van der Waals surface area contributed by atoms with Gasteiger partial charge in [-0.1, -0.05) is 115 Å². The van der Waals surface area contributed by atoms with Crippen LogP contribution >= 0.6 is 0 Å². The van der Waals surface area contributed by atoms with Crippen molar-refractivity contribution in [3.8, 4) is 11.1 Å². The summed E-state index contributed by atoms with van der Waals surface area (Å²) in [6.45, 7) is 1.53. The van der Waals surface area contributed by atoms with E-state index in [9.17, 15) is 14.4 Å². The van der Waals surface area contributed by atoms with Crippen molar-refractivity contribution < 1.29 is 28.6 Å². The van der Waals surface area contributed by atoms with Crippen molar-refractivity contribution in [1.82, 2.24) is 10.0 Å². The van der Waals surface area contributed by atoms with E-state index in [-0.39, 0.29) is 25.7 Å². The molecular formula is C33H29N3O6. The number of nitrogens with zero attached hydrogens (tertiary/aromatic N) is 3. The Balaban J connectivity index is 1.48. The maximum Gasteiger partial charge on any atom is 0.435 e. The van der Waals surface area contributed by atoms with Gasteiger partial charge in [0.15, 0.2) is 6.17 Å². The molecule has 0 aliphatic carbocycles. The van der Waals surface area contributed by atoms with Crippen LogP contribution in [0, 0.1) is 0 Å². The zero-order valence-electron chi connectivity index (χ0n) is 23.0. The van der Waals surface area contributed by atoms with Crippen molar-refractivity contribution in [2.45, 2.75) is 26.3 Å². The predicted octanol–water partition coefficient (Wildman–Crippen LogP) is 6.52. The fraction of sp³-hybridized carbons (Fsp3) is 0.152. The molecule has 0 bridgehead atoms. The summed E-state index contributed by atoms with van der Waals surface area (Å²) in [5, 5.41) is 1.78. The van der Waals surface area contributed by atoms with Crippen molar-refractivity contribution in [2.24, 2.45) is 4.99 Å². The second-order valence-electron chi connectivity index (χ2n) is 9.27. The molecule has 0 N–H and O–H groups in total. The Morgan fingerprint density at radius 3 is 1.69 bits per heavy atom. The summed E-state index contributed by atoms with van der Waals surface area (Å²) in [4.78, 5) is 44.6. The molecule has 0 saturated heterocycles. The first-order chi connectivity index (χ1) is 20.5. The van der Waals surface area contributed by atoms with Gasteiger partial charge in [-0.05, 0) is 34.7 Å². The number of amides is 2. The highest BCUT2D eigenvalue weighted by atomic mass is 16.6. The van der Waals surface area contributed by atoms with Gasteiger partial charge in [0.05, 0.1) is 6.61 Å². The SMILES string of the molecule is CCOC(=O)C1=NC(c2ccc(-c3ccccc3)cc2)N(C(=O)OCc2ccccc2)N1C(=O)OCc1ccccc1. The lowest BCUT2D eigenvalue weighted by molar-refractivity contribution is -0.136. The van der Waals surface area contributed by atoms with Crippen molar-refractivity contribution in [1.29, 1.82) is 0 Å². The van der Waals surface area contributed by atoms with Crippen molar-refractivity contribution in [3.63, 3.8) is 0 Å². The van der Waals surface area contributed by atoms with Crippen LogP contribution in [0.5, 0.6) is 0 Å². The van der Waals surface area contributed by atoms with E-state index in [2.05, 4.69) is 4.99 Å². The van der Waals surface area contributed by atoms with Gasteiger partial charge >= 0.3 is 18.2 Å². The van der Waals surface area contributed by atoms with Crippen LogP contribution < -0.4 is 0 Å². The molecule has 5 rings (SSSR count). The fourth-order valence-electron chi connectivity index (χ4n) is 4.39. The molecule has 0 fully saturated rings. The van der Waals surface area contributed by atoms with E-state index in [1.807, 2.05) is 91.0 Å². The summed E-state index contributed by atoms with van der Waals surface area (Å²) in [6, 6.07) is 35.3. The van der Waals surface area contributed by atoms with Crippen molar-refractivity contribution in [2.75, 3.05) is 6.61 Å². The maximum atomic E-state index is 13.6. The molecule has 9 heteroatoms. The molecule has 212 valence electrons. The van der Waals surface area contributed by atoms with E-state index in [4.69, 9.17) is 14.2 Å². The van der Waals surface area contributed by atoms with Crippen LogP contribution in [-0.4, -0.2) is 40.6 Å². The number of carbonyl (C=O) groups is 3. The second kappa shape index (κ2) is 13.3. The Labute approximate surface area is 243 Å². The quantitative estimate of drug-likeness (QED) is 0.179. The topological polar surface area (TPSA) is 97.7 Å². The predicted molar refractivity (Wildman–Crippen MR) is 156 cm³/mol. The molecule has 0 aromatic heterocycles. The van der Waals surface area contributed by atoms with E-state index >= 15 is 0 Å². The van der Waals surface area contributed by atoms with E-state index < -0.39 is 24.3 Å². The molecule has 42 heavy (non-hydrogen) atoms. The first-order valence-corrected chi connectivity index (χ1v) is 13.5. The zero-order chi connectivity index (χ0) is 29.3. The van der Waals surface area contributed by atoms with E-state index in [0.717, 1.165) is 32.3 Å². The first-order valence-electron chi connectivity index (χ1n) is 13.5. The van der Waals surface area contributed by atoms with Crippen molar-refractivity contribution >= 4 is 24.0 Å². The Bertz CT molecular complexity index is 1540. The average Bonchev–Trinajstić information content (AvgIpc) is 3.45. The van der Waals surface area contributed by atoms with Crippen LogP contribution in [-0.2, 0) is 32.2 Å². The summed E-state index contributed by atoms with van der Waals surface area (Å²) in [5.41, 5.74) is 3.98. The molecule has 0 saturated carbocycles. The summed E-state index contributed by atoms with van der Waals surface area (Å²) in [5.74, 6) is -1.26. The highest BCUT2D eigenvalue weighted by molar-refractivity contribution is 6.38. The molecule has 0 radical (unpaired) electrons. The second-order valence-corrected chi connectivity index (χ2v) is 9.27. The minimum atomic E-state index is -1.10. The molecule has 9 nitrogen and oxygen atoms in total. The normalized spacial score (nSPS) is 14.2. The largest absolute Gasteiger partial charge is 0.460 e. The number of ether oxygens (including phenoxy) is 3. The van der Waals surface area contributed by atoms with Crippen molar-refractivity contribution in [3.05, 3.63) is 132 Å². The van der Waals surface area contributed by atoms with Gasteiger partial charge in [0.2, 0.25) is 5.84 Å². The number of benzene rings is 4. The van der Waals surface area contributed by atoms with Crippen LogP contribution in [0.2, 0.25) is 0 Å². The third-order valence-corrected chi connectivity index (χ3v) is 6.44. The minimum Gasteiger partial charge on any atom is -0.460 e. The lowest BCUT2D eigenvalue weighted by Crippen LogP contribution is -2.51. The van der Waals surface area contributed by atoms with Gasteiger partial charge in [0.25, 0.3) is 0 Å². The molecule has 1 unspecified atom stereocenters. The van der Waals surface area contributed by atoms with Gasteiger partial charge < -0.3 is 14.2 Å². The molecule has 4 aromatic rings. The highest BCUT2D eigenvalue weighted by Crippen LogP contribution is 2.33. The molecule has 0 spiro atoms.